The smallest absolute Gasteiger partial charge is 0.00245 e. The van der Waals surface area contributed by atoms with Gasteiger partial charge in [0.2, 0.25) is 0 Å². The molecule has 0 heteroatoms. The van der Waals surface area contributed by atoms with E-state index in [2.05, 4.69) is 52.0 Å². The molecule has 0 nitrogen and oxygen atoms in total. The van der Waals surface area contributed by atoms with Crippen LogP contribution in [0.3, 0.4) is 0 Å². The van der Waals surface area contributed by atoms with Gasteiger partial charge in [-0.3, -0.25) is 0 Å². The molecule has 0 aliphatic heterocycles. The molecule has 1 aliphatic carbocycles. The summed E-state index contributed by atoms with van der Waals surface area (Å²) in [5.41, 5.74) is 0.446. The van der Waals surface area contributed by atoms with E-state index >= 15 is 0 Å². The van der Waals surface area contributed by atoms with Crippen molar-refractivity contribution in [1.82, 2.24) is 0 Å². The molecule has 0 aromatic rings. The Morgan fingerprint density at radius 2 is 1.38 bits per heavy atom. The fourth-order valence-electron chi connectivity index (χ4n) is 3.69. The summed E-state index contributed by atoms with van der Waals surface area (Å²) in [5, 5.41) is 0. The summed E-state index contributed by atoms with van der Waals surface area (Å²) >= 11 is 0. The van der Waals surface area contributed by atoms with Crippen LogP contribution in [0.4, 0.5) is 0 Å². The molecule has 0 radical (unpaired) electrons. The molecule has 0 saturated heterocycles. The van der Waals surface area contributed by atoms with Crippen LogP contribution in [0.25, 0.3) is 0 Å². The highest BCUT2D eigenvalue weighted by atomic mass is 14.4. The Kier molecular flexibility index (Phi) is 5.31. The zero-order valence-corrected chi connectivity index (χ0v) is 11.5. The monoisotopic (exact) mass is 220 g/mol. The molecule has 0 N–H and O–H groups in total. The normalized spacial score (nSPS) is 18.6. The van der Waals surface area contributed by atoms with Crippen molar-refractivity contribution in [1.29, 1.82) is 0 Å². The summed E-state index contributed by atoms with van der Waals surface area (Å²) in [6.07, 6.45) is 15.9. The minimum atomic E-state index is 0.446. The zero-order chi connectivity index (χ0) is 12.0. The van der Waals surface area contributed by atoms with E-state index in [0.29, 0.717) is 5.41 Å². The number of allylic oxidation sites excluding steroid dienone is 4. The van der Waals surface area contributed by atoms with Gasteiger partial charge in [0.1, 0.15) is 0 Å². The second-order valence-corrected chi connectivity index (χ2v) is 5.13. The number of hydrogen-bond donors (Lipinski definition) is 0. The van der Waals surface area contributed by atoms with E-state index in [0.717, 1.165) is 11.8 Å². The molecular formula is C16H28. The molecule has 0 aromatic carbocycles. The third-order valence-corrected chi connectivity index (χ3v) is 4.62. The van der Waals surface area contributed by atoms with Gasteiger partial charge in [0, 0.05) is 0 Å². The molecule has 1 aliphatic rings. The Bertz CT molecular complexity index is 227. The minimum Gasteiger partial charge on any atom is -0.0837 e. The maximum absolute atomic E-state index is 2.52. The minimum absolute atomic E-state index is 0.446. The third kappa shape index (κ3) is 2.42. The van der Waals surface area contributed by atoms with Gasteiger partial charge in [0.05, 0.1) is 0 Å². The van der Waals surface area contributed by atoms with Gasteiger partial charge in [-0.1, -0.05) is 77.7 Å². The summed E-state index contributed by atoms with van der Waals surface area (Å²) in [5.74, 6) is 1.69. The van der Waals surface area contributed by atoms with Crippen LogP contribution in [0, 0.1) is 17.3 Å². The molecule has 0 atom stereocenters. The topological polar surface area (TPSA) is 0 Å². The molecule has 0 aromatic heterocycles. The first-order chi connectivity index (χ1) is 7.75. The lowest BCUT2D eigenvalue weighted by atomic mass is 9.60. The van der Waals surface area contributed by atoms with Crippen LogP contribution >= 0.6 is 0 Å². The van der Waals surface area contributed by atoms with Crippen molar-refractivity contribution in [2.75, 3.05) is 0 Å². The van der Waals surface area contributed by atoms with E-state index < -0.39 is 0 Å². The standard InChI is InChI=1S/C16H28/c1-5-14(6-2)16(15(7-3)8-4)12-10-9-11-13-16/h9-12,14-15H,5-8,13H2,1-4H3. The summed E-state index contributed by atoms with van der Waals surface area (Å²) in [7, 11) is 0. The van der Waals surface area contributed by atoms with Crippen molar-refractivity contribution in [2.45, 2.75) is 59.8 Å². The molecule has 92 valence electrons. The first-order valence-corrected chi connectivity index (χ1v) is 7.09. The lowest BCUT2D eigenvalue weighted by molar-refractivity contribution is 0.113. The average molecular weight is 220 g/mol. The van der Waals surface area contributed by atoms with Crippen molar-refractivity contribution >= 4 is 0 Å². The summed E-state index contributed by atoms with van der Waals surface area (Å²) in [4.78, 5) is 0. The van der Waals surface area contributed by atoms with Crippen LogP contribution in [-0.4, -0.2) is 0 Å². The fraction of sp³-hybridized carbons (Fsp3) is 0.750. The molecule has 0 heterocycles. The van der Waals surface area contributed by atoms with Crippen LogP contribution in [0.1, 0.15) is 59.8 Å². The van der Waals surface area contributed by atoms with Gasteiger partial charge in [0.25, 0.3) is 0 Å². The molecule has 1 rings (SSSR count). The second-order valence-electron chi connectivity index (χ2n) is 5.13. The summed E-state index contributed by atoms with van der Waals surface area (Å²) < 4.78 is 0. The van der Waals surface area contributed by atoms with Crippen LogP contribution in [0.5, 0.6) is 0 Å². The Labute approximate surface area is 102 Å². The van der Waals surface area contributed by atoms with E-state index in [4.69, 9.17) is 0 Å². The van der Waals surface area contributed by atoms with Gasteiger partial charge in [-0.2, -0.15) is 0 Å². The lowest BCUT2D eigenvalue weighted by Crippen LogP contribution is -2.36. The van der Waals surface area contributed by atoms with E-state index in [1.165, 1.54) is 32.1 Å². The molecule has 0 amide bonds. The number of rotatable bonds is 6. The lowest BCUT2D eigenvalue weighted by Gasteiger charge is -2.44. The van der Waals surface area contributed by atoms with E-state index in [-0.39, 0.29) is 0 Å². The van der Waals surface area contributed by atoms with Gasteiger partial charge in [0.15, 0.2) is 0 Å². The largest absolute Gasteiger partial charge is 0.0837 e. The van der Waals surface area contributed by atoms with Gasteiger partial charge >= 0.3 is 0 Å². The summed E-state index contributed by atoms with van der Waals surface area (Å²) in [6.45, 7) is 9.41. The maximum Gasteiger partial charge on any atom is -0.00245 e. The van der Waals surface area contributed by atoms with Gasteiger partial charge in [-0.25, -0.2) is 0 Å². The fourth-order valence-corrected chi connectivity index (χ4v) is 3.69. The van der Waals surface area contributed by atoms with Crippen LogP contribution in [-0.2, 0) is 0 Å². The van der Waals surface area contributed by atoms with Crippen LogP contribution < -0.4 is 0 Å². The number of hydrogen-bond acceptors (Lipinski definition) is 0. The predicted molar refractivity (Wildman–Crippen MR) is 73.5 cm³/mol. The van der Waals surface area contributed by atoms with Gasteiger partial charge in [-0.15, -0.1) is 0 Å². The summed E-state index contributed by atoms with van der Waals surface area (Å²) in [6, 6.07) is 0. The molecular weight excluding hydrogens is 192 g/mol. The molecule has 0 spiro atoms. The highest BCUT2D eigenvalue weighted by Crippen LogP contribution is 2.48. The van der Waals surface area contributed by atoms with Crippen LogP contribution in [0.2, 0.25) is 0 Å². The van der Waals surface area contributed by atoms with Gasteiger partial charge in [-0.05, 0) is 23.7 Å². The first kappa shape index (κ1) is 13.5. The molecule has 0 bridgehead atoms. The van der Waals surface area contributed by atoms with Crippen molar-refractivity contribution in [3.63, 3.8) is 0 Å². The third-order valence-electron chi connectivity index (χ3n) is 4.62. The molecule has 0 fully saturated rings. The van der Waals surface area contributed by atoms with E-state index in [1.54, 1.807) is 0 Å². The van der Waals surface area contributed by atoms with Gasteiger partial charge < -0.3 is 0 Å². The Hall–Kier alpha value is -0.520. The average Bonchev–Trinajstić information content (AvgIpc) is 2.33. The second kappa shape index (κ2) is 6.27. The van der Waals surface area contributed by atoms with Crippen molar-refractivity contribution in [2.24, 2.45) is 17.3 Å². The molecule has 16 heavy (non-hydrogen) atoms. The van der Waals surface area contributed by atoms with Crippen molar-refractivity contribution < 1.29 is 0 Å². The Morgan fingerprint density at radius 1 is 0.875 bits per heavy atom. The predicted octanol–water partition coefficient (Wildman–Crippen LogP) is 5.36. The SMILES string of the molecule is CCC(CC)C1(C(CC)CC)C=CC=CC1. The van der Waals surface area contributed by atoms with Crippen LogP contribution in [0.15, 0.2) is 24.3 Å². The maximum atomic E-state index is 2.52. The van der Waals surface area contributed by atoms with Crippen molar-refractivity contribution in [3.05, 3.63) is 24.3 Å². The molecule has 0 saturated carbocycles. The quantitative estimate of drug-likeness (QED) is 0.565. The highest BCUT2D eigenvalue weighted by molar-refractivity contribution is 5.19. The Morgan fingerprint density at radius 3 is 1.69 bits per heavy atom. The highest BCUT2D eigenvalue weighted by Gasteiger charge is 2.39. The molecule has 0 unspecified atom stereocenters. The zero-order valence-electron chi connectivity index (χ0n) is 11.5. The first-order valence-electron chi connectivity index (χ1n) is 7.09. The van der Waals surface area contributed by atoms with Crippen molar-refractivity contribution in [3.8, 4) is 0 Å². The Balaban J connectivity index is 3.00. The van der Waals surface area contributed by atoms with E-state index in [9.17, 15) is 0 Å². The van der Waals surface area contributed by atoms with E-state index in [1.807, 2.05) is 0 Å².